The fourth-order valence-corrected chi connectivity index (χ4v) is 4.92. The molecule has 0 aromatic carbocycles. The van der Waals surface area contributed by atoms with Gasteiger partial charge in [-0.15, -0.1) is 0 Å². The van der Waals surface area contributed by atoms with Gasteiger partial charge in [0.15, 0.2) is 0 Å². The average molecular weight is 775 g/mol. The van der Waals surface area contributed by atoms with Crippen LogP contribution in [0.3, 0.4) is 0 Å². The van der Waals surface area contributed by atoms with E-state index in [0.717, 1.165) is 0 Å². The Kier molecular flexibility index (Phi) is 19.9. The second-order valence-corrected chi connectivity index (χ2v) is 10.7. The summed E-state index contributed by atoms with van der Waals surface area (Å²) in [5.74, 6) is -1.42. The zero-order valence-electron chi connectivity index (χ0n) is 27.1. The van der Waals surface area contributed by atoms with E-state index in [1.807, 2.05) is 0 Å². The molecule has 0 radical (unpaired) electrons. The molecule has 0 bridgehead atoms. The summed E-state index contributed by atoms with van der Waals surface area (Å²) < 4.78 is 44.6. The number of nitrogens with two attached hydrogens (primary N) is 1. The molecule has 0 saturated carbocycles. The zero-order valence-corrected chi connectivity index (χ0v) is 29.9. The minimum absolute atomic E-state index is 0.148. The first kappa shape index (κ1) is 43.7. The molecule has 2 aliphatic rings. The Bertz CT molecular complexity index is 1670. The molecule has 0 spiro atoms. The van der Waals surface area contributed by atoms with Gasteiger partial charge in [-0.25, -0.2) is 9.59 Å². The third-order valence-electron chi connectivity index (χ3n) is 6.90. The van der Waals surface area contributed by atoms with Crippen LogP contribution < -0.4 is 33.5 Å². The number of rotatable bonds is 11. The van der Waals surface area contributed by atoms with Gasteiger partial charge in [-0.05, 0) is 14.0 Å². The van der Waals surface area contributed by atoms with Crippen LogP contribution >= 0.6 is 0 Å². The van der Waals surface area contributed by atoms with Crippen LogP contribution in [-0.2, 0) is 65.5 Å². The third-order valence-corrected chi connectivity index (χ3v) is 7.34. The molecule has 2 fully saturated rings. The number of hydrogen-bond donors (Lipinski definition) is 7. The number of carboxylic acid groups (broad SMARTS) is 1. The number of hydrogen-bond acceptors (Lipinski definition) is 15. The van der Waals surface area contributed by atoms with Gasteiger partial charge in [0, 0.05) is 18.2 Å². The maximum atomic E-state index is 12.0. The molecule has 49 heavy (non-hydrogen) atoms. The summed E-state index contributed by atoms with van der Waals surface area (Å²) in [6.45, 7) is 2.24. The first-order valence-corrected chi connectivity index (χ1v) is 16.3. The van der Waals surface area contributed by atoms with Gasteiger partial charge in [0.2, 0.25) is 0 Å². The number of nitrogens with zero attached hydrogens (tertiary/aromatic N) is 3. The molecule has 2 aliphatic heterocycles. The van der Waals surface area contributed by atoms with Crippen molar-refractivity contribution in [1.82, 2.24) is 24.4 Å². The number of carbonyl (C=O) groups is 2. The molecule has 21 nitrogen and oxygen atoms in total. The van der Waals surface area contributed by atoms with Crippen molar-refractivity contribution in [2.75, 3.05) is 40.5 Å². The average Bonchev–Trinajstić information content (AvgIpc) is 3.70. The molecular formula is C26H40N8O13V2. The summed E-state index contributed by atoms with van der Waals surface area (Å²) in [5, 5.41) is 20.3. The summed E-state index contributed by atoms with van der Waals surface area (Å²) in [7, 11) is 3.00. The predicted molar refractivity (Wildman–Crippen MR) is 158 cm³/mol. The molecule has 6 atom stereocenters. The SMILES string of the molecule is CN.CNC(=O)COC1CC(n2cc(C)c(=O)[nH]c2=O)OC1C[N]=[V]=[O].Cc1cn(C2CC(OCC(=O)O)C(CO)O2)c(=O)[nH]c1=O.[NH]=[V]. The second kappa shape index (κ2) is 22.4. The fraction of sp³-hybridized carbons (Fsp3) is 0.615. The molecule has 2 aromatic rings. The van der Waals surface area contributed by atoms with Crippen molar-refractivity contribution in [2.45, 2.75) is 63.6 Å². The summed E-state index contributed by atoms with van der Waals surface area (Å²) >= 11 is 0.197. The minimum atomic E-state index is -1.37. The van der Waals surface area contributed by atoms with E-state index in [1.54, 1.807) is 31.1 Å². The normalized spacial score (nSPS) is 22.1. The van der Waals surface area contributed by atoms with Crippen molar-refractivity contribution in [2.24, 2.45) is 9.52 Å². The van der Waals surface area contributed by atoms with Crippen molar-refractivity contribution >= 4 is 11.9 Å². The Morgan fingerprint density at radius 3 is 1.86 bits per heavy atom. The molecule has 23 heteroatoms. The summed E-state index contributed by atoms with van der Waals surface area (Å²) in [5.41, 5.74) is 3.06. The van der Waals surface area contributed by atoms with Crippen LogP contribution in [0.2, 0.25) is 0 Å². The Balaban J connectivity index is 0.000000448. The number of aliphatic hydroxyl groups excluding tert-OH is 1. The maximum absolute atomic E-state index is 12.0. The molecule has 4 rings (SSSR count). The van der Waals surface area contributed by atoms with Crippen molar-refractivity contribution in [1.29, 1.82) is 4.21 Å². The fourth-order valence-electron chi connectivity index (χ4n) is 4.57. The van der Waals surface area contributed by atoms with Gasteiger partial charge in [-0.3, -0.25) is 14.3 Å². The van der Waals surface area contributed by atoms with Gasteiger partial charge in [0.05, 0.1) is 12.7 Å². The number of ether oxygens (including phenoxy) is 4. The molecule has 1 amide bonds. The van der Waals surface area contributed by atoms with Crippen LogP contribution in [0, 0.1) is 18.1 Å². The van der Waals surface area contributed by atoms with Crippen LogP contribution in [0.25, 0.3) is 0 Å². The third kappa shape index (κ3) is 13.1. The predicted octanol–water partition coefficient (Wildman–Crippen LogP) is -2.66. The molecule has 4 heterocycles. The van der Waals surface area contributed by atoms with Gasteiger partial charge < -0.3 is 25.4 Å². The quantitative estimate of drug-likeness (QED) is 0.123. The number of aromatic nitrogens is 4. The molecule has 8 N–H and O–H groups in total. The Hall–Kier alpha value is -3.37. The van der Waals surface area contributed by atoms with Crippen molar-refractivity contribution in [3.63, 3.8) is 0 Å². The number of likely N-dealkylation sites (N-methyl/N-ethyl adjacent to an activating group) is 1. The number of nitrogens with one attached hydrogen (secondary N) is 4. The van der Waals surface area contributed by atoms with E-state index in [-0.39, 0.29) is 32.1 Å². The number of carbonyl (C=O) groups excluding carboxylic acids is 1. The number of aromatic amines is 2. The summed E-state index contributed by atoms with van der Waals surface area (Å²) in [6.07, 6.45) is -0.493. The van der Waals surface area contributed by atoms with Crippen LogP contribution in [0.15, 0.2) is 35.4 Å². The molecule has 6 unspecified atom stereocenters. The zero-order chi connectivity index (χ0) is 37.3. The van der Waals surface area contributed by atoms with E-state index < -0.39 is 88.0 Å². The Morgan fingerprint density at radius 2 is 1.43 bits per heavy atom. The molecule has 0 aliphatic carbocycles. The monoisotopic (exact) mass is 774 g/mol. The van der Waals surface area contributed by atoms with E-state index in [0.29, 0.717) is 17.5 Å². The van der Waals surface area contributed by atoms with E-state index >= 15 is 0 Å². The first-order valence-electron chi connectivity index (χ1n) is 14.4. The second-order valence-electron chi connectivity index (χ2n) is 10.0. The van der Waals surface area contributed by atoms with Crippen LogP contribution in [-0.4, -0.2) is 106 Å². The molecule has 2 aromatic heterocycles. The number of aryl methyl sites for hydroxylation is 2. The van der Waals surface area contributed by atoms with Gasteiger partial charge >= 0.3 is 176 Å². The topological polar surface area (TPSA) is 313 Å². The number of aliphatic carboxylic acids is 1. The van der Waals surface area contributed by atoms with E-state index in [4.69, 9.17) is 28.3 Å². The van der Waals surface area contributed by atoms with Crippen molar-refractivity contribution in [3.8, 4) is 0 Å². The number of amides is 1. The Morgan fingerprint density at radius 1 is 0.980 bits per heavy atom. The first-order chi connectivity index (χ1) is 23.4. The van der Waals surface area contributed by atoms with Gasteiger partial charge in [-0.2, -0.15) is 0 Å². The standard InChI is InChI=1S/C13H18N4O5.C12H16N2O7.CH5N.HN.O.2V/c1-7-5-17(13(20)16-12(7)19)11-3-8(9(4-14)22-11)21-6-10(18)15-2;1-6-3-14(12(19)13-11(6)18)9-2-7(8(4-15)21-9)20-5-10(16)17;1-2;;;;/h5,8-9,11H,3-4,6H2,1-2H3,(H,15,18)(H,16,19,20);3,7-9,15H,2,4-5H2,1H3,(H,16,17)(H,13,18,19);2H2,1H3;1H;;;. The molecular weight excluding hydrogens is 734 g/mol. The van der Waals surface area contributed by atoms with Gasteiger partial charge in [0.1, 0.15) is 18.9 Å². The summed E-state index contributed by atoms with van der Waals surface area (Å²) in [6, 6.07) is 0. The number of carboxylic acids is 1. The van der Waals surface area contributed by atoms with Gasteiger partial charge in [0.25, 0.3) is 5.56 Å². The number of aliphatic hydroxyl groups is 1. The molecule has 272 valence electrons. The van der Waals surface area contributed by atoms with E-state index in [2.05, 4.69) is 24.8 Å². The summed E-state index contributed by atoms with van der Waals surface area (Å²) in [4.78, 5) is 72.8. The Labute approximate surface area is 294 Å². The van der Waals surface area contributed by atoms with Crippen molar-refractivity contribution < 1.29 is 75.7 Å². The van der Waals surface area contributed by atoms with E-state index in [1.165, 1.54) is 35.6 Å². The van der Waals surface area contributed by atoms with Crippen LogP contribution in [0.1, 0.15) is 36.4 Å². The van der Waals surface area contributed by atoms with Crippen LogP contribution in [0.4, 0.5) is 0 Å². The van der Waals surface area contributed by atoms with Crippen LogP contribution in [0.5, 0.6) is 0 Å². The van der Waals surface area contributed by atoms with E-state index in [9.17, 15) is 37.5 Å². The molecule has 2 saturated heterocycles. The van der Waals surface area contributed by atoms with Gasteiger partial charge in [-0.1, -0.05) is 0 Å². The van der Waals surface area contributed by atoms with Crippen molar-refractivity contribution in [3.05, 3.63) is 65.2 Å². The number of H-pyrrole nitrogens is 2.